The van der Waals surface area contributed by atoms with E-state index < -0.39 is 0 Å². The number of H-pyrrole nitrogens is 1. The smallest absolute Gasteiger partial charge is 0.267 e. The van der Waals surface area contributed by atoms with Crippen LogP contribution in [-0.2, 0) is 13.5 Å². The predicted octanol–water partition coefficient (Wildman–Crippen LogP) is 1.94. The Bertz CT molecular complexity index is 508. The molecule has 1 heterocycles. The van der Waals surface area contributed by atoms with Crippen molar-refractivity contribution in [1.82, 2.24) is 9.78 Å². The molecule has 1 N–H and O–H groups in total. The molecule has 2 rings (SSSR count). The monoisotopic (exact) mass is 202 g/mol. The summed E-state index contributed by atoms with van der Waals surface area (Å²) in [5, 5.41) is 2.79. The van der Waals surface area contributed by atoms with Crippen LogP contribution in [0.3, 0.4) is 0 Å². The van der Waals surface area contributed by atoms with Gasteiger partial charge in [0.2, 0.25) is 0 Å². The van der Waals surface area contributed by atoms with Crippen molar-refractivity contribution in [1.29, 1.82) is 0 Å². The largest absolute Gasteiger partial charge is 0.287 e. The third kappa shape index (κ3) is 1.61. The van der Waals surface area contributed by atoms with E-state index in [9.17, 15) is 4.79 Å². The first kappa shape index (κ1) is 9.77. The van der Waals surface area contributed by atoms with Gasteiger partial charge in [-0.15, -0.1) is 0 Å². The van der Waals surface area contributed by atoms with Crippen LogP contribution in [0, 0.1) is 0 Å². The number of aromatic nitrogens is 2. The quantitative estimate of drug-likeness (QED) is 0.794. The molecule has 0 atom stereocenters. The van der Waals surface area contributed by atoms with Gasteiger partial charge in [-0.3, -0.25) is 14.6 Å². The van der Waals surface area contributed by atoms with E-state index in [1.54, 1.807) is 4.68 Å². The first-order chi connectivity index (χ1) is 7.24. The maximum Gasteiger partial charge on any atom is 0.267 e. The Kier molecular flexibility index (Phi) is 2.46. The van der Waals surface area contributed by atoms with Gasteiger partial charge in [0.05, 0.1) is 5.69 Å². The maximum absolute atomic E-state index is 11.6. The van der Waals surface area contributed by atoms with Crippen molar-refractivity contribution < 1.29 is 0 Å². The van der Waals surface area contributed by atoms with Crippen molar-refractivity contribution in [2.75, 3.05) is 0 Å². The highest BCUT2D eigenvalue weighted by Crippen LogP contribution is 2.20. The van der Waals surface area contributed by atoms with E-state index >= 15 is 0 Å². The molecule has 0 saturated heterocycles. The van der Waals surface area contributed by atoms with E-state index in [0.717, 1.165) is 23.2 Å². The highest BCUT2D eigenvalue weighted by molar-refractivity contribution is 5.63. The molecule has 0 aliphatic heterocycles. The minimum absolute atomic E-state index is 0.0128. The van der Waals surface area contributed by atoms with Crippen LogP contribution in [0.5, 0.6) is 0 Å². The first-order valence-electron chi connectivity index (χ1n) is 5.07. The summed E-state index contributed by atoms with van der Waals surface area (Å²) in [4.78, 5) is 11.6. The van der Waals surface area contributed by atoms with E-state index in [1.807, 2.05) is 44.3 Å². The average molecular weight is 202 g/mol. The topological polar surface area (TPSA) is 37.8 Å². The fourth-order valence-electron chi connectivity index (χ4n) is 1.88. The van der Waals surface area contributed by atoms with Crippen molar-refractivity contribution in [3.8, 4) is 11.3 Å². The molecule has 3 heteroatoms. The van der Waals surface area contributed by atoms with Crippen LogP contribution in [0.25, 0.3) is 11.3 Å². The van der Waals surface area contributed by atoms with Gasteiger partial charge in [-0.1, -0.05) is 37.3 Å². The summed E-state index contributed by atoms with van der Waals surface area (Å²) in [7, 11) is 1.86. The Morgan fingerprint density at radius 2 is 1.93 bits per heavy atom. The van der Waals surface area contributed by atoms with Gasteiger partial charge in [0, 0.05) is 18.2 Å². The minimum Gasteiger partial charge on any atom is -0.287 e. The van der Waals surface area contributed by atoms with Gasteiger partial charge in [-0.05, 0) is 6.42 Å². The van der Waals surface area contributed by atoms with Crippen molar-refractivity contribution in [2.24, 2.45) is 7.05 Å². The summed E-state index contributed by atoms with van der Waals surface area (Å²) in [5.41, 5.74) is 2.93. The van der Waals surface area contributed by atoms with E-state index in [-0.39, 0.29) is 5.56 Å². The number of aromatic amines is 1. The zero-order valence-electron chi connectivity index (χ0n) is 8.95. The molecule has 0 radical (unpaired) electrons. The molecule has 2 aromatic rings. The van der Waals surface area contributed by atoms with Crippen LogP contribution >= 0.6 is 0 Å². The van der Waals surface area contributed by atoms with Crippen molar-refractivity contribution in [3.05, 3.63) is 46.2 Å². The van der Waals surface area contributed by atoms with Gasteiger partial charge in [-0.25, -0.2) is 0 Å². The van der Waals surface area contributed by atoms with Crippen LogP contribution in [0.4, 0.5) is 0 Å². The second-order valence-corrected chi connectivity index (χ2v) is 3.55. The minimum atomic E-state index is 0.0128. The lowest BCUT2D eigenvalue weighted by atomic mass is 10.1. The Balaban J connectivity index is 2.67. The first-order valence-corrected chi connectivity index (χ1v) is 5.07. The molecule has 0 aliphatic carbocycles. The predicted molar refractivity (Wildman–Crippen MR) is 60.8 cm³/mol. The molecule has 78 valence electrons. The second-order valence-electron chi connectivity index (χ2n) is 3.55. The van der Waals surface area contributed by atoms with Crippen molar-refractivity contribution >= 4 is 0 Å². The number of benzene rings is 1. The molecule has 15 heavy (non-hydrogen) atoms. The van der Waals surface area contributed by atoms with E-state index in [1.165, 1.54) is 0 Å². The number of rotatable bonds is 2. The van der Waals surface area contributed by atoms with Gasteiger partial charge < -0.3 is 0 Å². The SMILES string of the molecule is CCc1c(-c2ccccc2)n(C)[nH]c1=O. The highest BCUT2D eigenvalue weighted by Gasteiger charge is 2.11. The van der Waals surface area contributed by atoms with Crippen LogP contribution in [0.1, 0.15) is 12.5 Å². The normalized spacial score (nSPS) is 10.5. The molecule has 0 spiro atoms. The molecule has 3 nitrogen and oxygen atoms in total. The Labute approximate surface area is 88.4 Å². The average Bonchev–Trinajstić information content (AvgIpc) is 2.54. The maximum atomic E-state index is 11.6. The van der Waals surface area contributed by atoms with E-state index in [2.05, 4.69) is 5.10 Å². The Hall–Kier alpha value is -1.77. The van der Waals surface area contributed by atoms with Gasteiger partial charge in [0.25, 0.3) is 5.56 Å². The highest BCUT2D eigenvalue weighted by atomic mass is 16.1. The number of nitrogens with one attached hydrogen (secondary N) is 1. The molecular weight excluding hydrogens is 188 g/mol. The zero-order valence-corrected chi connectivity index (χ0v) is 8.95. The third-order valence-electron chi connectivity index (χ3n) is 2.57. The summed E-state index contributed by atoms with van der Waals surface area (Å²) < 4.78 is 1.79. The number of aryl methyl sites for hydroxylation is 1. The van der Waals surface area contributed by atoms with Crippen LogP contribution in [0.15, 0.2) is 35.1 Å². The lowest BCUT2D eigenvalue weighted by molar-refractivity contribution is 0.764. The summed E-state index contributed by atoms with van der Waals surface area (Å²) in [5.74, 6) is 0. The summed E-state index contributed by atoms with van der Waals surface area (Å²) in [6.45, 7) is 2.00. The lowest BCUT2D eigenvalue weighted by Gasteiger charge is -2.04. The van der Waals surface area contributed by atoms with Gasteiger partial charge in [0.15, 0.2) is 0 Å². The summed E-state index contributed by atoms with van der Waals surface area (Å²) >= 11 is 0. The molecular formula is C12H14N2O. The number of nitrogens with zero attached hydrogens (tertiary/aromatic N) is 1. The van der Waals surface area contributed by atoms with Crippen LogP contribution in [-0.4, -0.2) is 9.78 Å². The summed E-state index contributed by atoms with van der Waals surface area (Å²) in [6.07, 6.45) is 0.750. The molecule has 1 aromatic carbocycles. The third-order valence-corrected chi connectivity index (χ3v) is 2.57. The standard InChI is InChI=1S/C12H14N2O/c1-3-10-11(14(2)13-12(10)15)9-7-5-4-6-8-9/h4-8H,3H2,1-2H3,(H,13,15). The molecule has 0 fully saturated rings. The molecule has 0 unspecified atom stereocenters. The second kappa shape index (κ2) is 3.77. The van der Waals surface area contributed by atoms with Gasteiger partial charge in [-0.2, -0.15) is 0 Å². The van der Waals surface area contributed by atoms with Gasteiger partial charge >= 0.3 is 0 Å². The van der Waals surface area contributed by atoms with Crippen LogP contribution < -0.4 is 5.56 Å². The lowest BCUT2D eigenvalue weighted by Crippen LogP contribution is -2.05. The fraction of sp³-hybridized carbons (Fsp3) is 0.250. The van der Waals surface area contributed by atoms with Crippen LogP contribution in [0.2, 0.25) is 0 Å². The molecule has 0 bridgehead atoms. The molecule has 0 aliphatic rings. The number of hydrogen-bond donors (Lipinski definition) is 1. The van der Waals surface area contributed by atoms with E-state index in [4.69, 9.17) is 0 Å². The van der Waals surface area contributed by atoms with Crippen molar-refractivity contribution in [2.45, 2.75) is 13.3 Å². The van der Waals surface area contributed by atoms with E-state index in [0.29, 0.717) is 0 Å². The summed E-state index contributed by atoms with van der Waals surface area (Å²) in [6, 6.07) is 9.96. The zero-order chi connectivity index (χ0) is 10.8. The van der Waals surface area contributed by atoms with Gasteiger partial charge in [0.1, 0.15) is 0 Å². The Morgan fingerprint density at radius 1 is 1.27 bits per heavy atom. The Morgan fingerprint density at radius 3 is 2.53 bits per heavy atom. The molecule has 1 aromatic heterocycles. The molecule has 0 saturated carbocycles. The molecule has 0 amide bonds. The van der Waals surface area contributed by atoms with Crippen molar-refractivity contribution in [3.63, 3.8) is 0 Å². The number of hydrogen-bond acceptors (Lipinski definition) is 1. The fourth-order valence-corrected chi connectivity index (χ4v) is 1.88.